The van der Waals surface area contributed by atoms with E-state index in [9.17, 15) is 9.90 Å². The second kappa shape index (κ2) is 10.3. The van der Waals surface area contributed by atoms with Crippen LogP contribution < -0.4 is 5.62 Å². The highest BCUT2D eigenvalue weighted by Gasteiger charge is 2.28. The third-order valence-electron chi connectivity index (χ3n) is 6.59. The number of phenolic OH excluding ortho intramolecular Hbond substituents is 1. The van der Waals surface area contributed by atoms with Gasteiger partial charge in [-0.2, -0.15) is 0 Å². The quantitative estimate of drug-likeness (QED) is 0.373. The summed E-state index contributed by atoms with van der Waals surface area (Å²) < 4.78 is 3.58. The molecule has 35 heavy (non-hydrogen) atoms. The number of rotatable bonds is 8. The van der Waals surface area contributed by atoms with E-state index in [0.717, 1.165) is 30.4 Å². The largest absolute Gasteiger partial charge is 0.507 e. The summed E-state index contributed by atoms with van der Waals surface area (Å²) in [5, 5.41) is 19.7. The number of nitrogens with one attached hydrogen (secondary N) is 1. The minimum atomic E-state index is -0.303. The highest BCUT2D eigenvalue weighted by molar-refractivity contribution is 5.96. The molecule has 1 heterocycles. The van der Waals surface area contributed by atoms with Gasteiger partial charge in [-0.05, 0) is 46.9 Å². The summed E-state index contributed by atoms with van der Waals surface area (Å²) in [6.07, 6.45) is 7.01. The van der Waals surface area contributed by atoms with Gasteiger partial charge in [0.1, 0.15) is 5.75 Å². The van der Waals surface area contributed by atoms with Crippen molar-refractivity contribution in [3.05, 3.63) is 82.2 Å². The van der Waals surface area contributed by atoms with Gasteiger partial charge in [-0.1, -0.05) is 79.2 Å². The summed E-state index contributed by atoms with van der Waals surface area (Å²) >= 11 is 0. The highest BCUT2D eigenvalue weighted by atomic mass is 16.3. The van der Waals surface area contributed by atoms with Crippen LogP contribution in [0.3, 0.4) is 0 Å². The first-order valence-electron chi connectivity index (χ1n) is 12.6. The van der Waals surface area contributed by atoms with Gasteiger partial charge in [0.2, 0.25) is 5.62 Å². The van der Waals surface area contributed by atoms with E-state index >= 15 is 0 Å². The summed E-state index contributed by atoms with van der Waals surface area (Å²) in [6, 6.07) is 12.0. The number of hydrogen-bond donors (Lipinski definition) is 2. The monoisotopic (exact) mass is 475 g/mol. The molecule has 1 aromatic heterocycles. The predicted molar refractivity (Wildman–Crippen MR) is 142 cm³/mol. The first kappa shape index (κ1) is 26.5. The molecule has 0 unspecified atom stereocenters. The van der Waals surface area contributed by atoms with Crippen LogP contribution in [-0.4, -0.2) is 20.0 Å². The Morgan fingerprint density at radius 1 is 0.914 bits per heavy atom. The fraction of sp³-hybridized carbons (Fsp3) is 0.467. The molecule has 3 rings (SSSR count). The molecule has 0 aliphatic carbocycles. The van der Waals surface area contributed by atoms with Crippen molar-refractivity contribution in [2.75, 3.05) is 0 Å². The average molecular weight is 476 g/mol. The molecule has 0 fully saturated rings. The molecule has 3 aromatic rings. The number of phenols is 1. The molecule has 188 valence electrons. The van der Waals surface area contributed by atoms with Crippen molar-refractivity contribution in [1.29, 1.82) is 5.41 Å². The number of ketones is 1. The van der Waals surface area contributed by atoms with Crippen LogP contribution in [0.5, 0.6) is 5.75 Å². The lowest BCUT2D eigenvalue weighted by atomic mass is 9.78. The molecule has 5 heteroatoms. The van der Waals surface area contributed by atoms with Crippen molar-refractivity contribution in [1.82, 2.24) is 9.13 Å². The average Bonchev–Trinajstić information content (AvgIpc) is 3.10. The molecular formula is C30H41N3O2. The van der Waals surface area contributed by atoms with E-state index in [2.05, 4.69) is 25.1 Å². The number of aromatic hydroxyl groups is 1. The number of benzene rings is 2. The van der Waals surface area contributed by atoms with Crippen LogP contribution in [0.2, 0.25) is 0 Å². The molecule has 0 atom stereocenters. The number of carbonyl (C=O) groups is 1. The van der Waals surface area contributed by atoms with E-state index in [1.54, 1.807) is 4.57 Å². The van der Waals surface area contributed by atoms with E-state index in [0.29, 0.717) is 17.7 Å². The Morgan fingerprint density at radius 2 is 1.46 bits per heavy atom. The number of hydrogen-bond acceptors (Lipinski definition) is 3. The SMILES string of the molecule is CCCCc1ccccc1Cn1ccn(CC(=O)c2cc(C(C)(C)C)c(O)c(C(C)(C)C)c2)c1=N. The topological polar surface area (TPSA) is 71.0 Å². The zero-order chi connectivity index (χ0) is 26.0. The zero-order valence-electron chi connectivity index (χ0n) is 22.4. The number of aryl methyl sites for hydroxylation is 1. The van der Waals surface area contributed by atoms with Crippen molar-refractivity contribution >= 4 is 5.78 Å². The summed E-state index contributed by atoms with van der Waals surface area (Å²) in [5.74, 6) is 0.198. The third-order valence-corrected chi connectivity index (χ3v) is 6.59. The van der Waals surface area contributed by atoms with Crippen molar-refractivity contribution in [3.8, 4) is 5.75 Å². The zero-order valence-corrected chi connectivity index (χ0v) is 22.4. The Hall–Kier alpha value is -3.08. The first-order valence-corrected chi connectivity index (χ1v) is 12.6. The van der Waals surface area contributed by atoms with Crippen LogP contribution in [0.1, 0.15) is 93.9 Å². The van der Waals surface area contributed by atoms with Gasteiger partial charge in [0.05, 0.1) is 13.1 Å². The first-order chi connectivity index (χ1) is 16.3. The second-order valence-electron chi connectivity index (χ2n) is 11.6. The Morgan fingerprint density at radius 3 is 2.00 bits per heavy atom. The molecule has 2 N–H and O–H groups in total. The lowest BCUT2D eigenvalue weighted by molar-refractivity contribution is 0.0969. The number of nitrogens with zero attached hydrogens (tertiary/aromatic N) is 2. The third kappa shape index (κ3) is 6.14. The summed E-state index contributed by atoms with van der Waals surface area (Å²) in [4.78, 5) is 13.4. The molecule has 0 aliphatic rings. The smallest absolute Gasteiger partial charge is 0.202 e. The van der Waals surface area contributed by atoms with E-state index < -0.39 is 0 Å². The van der Waals surface area contributed by atoms with Crippen LogP contribution in [0, 0.1) is 5.41 Å². The van der Waals surface area contributed by atoms with E-state index in [1.165, 1.54) is 11.1 Å². The molecule has 0 bridgehead atoms. The Balaban J connectivity index is 1.90. The van der Waals surface area contributed by atoms with Gasteiger partial charge in [-0.3, -0.25) is 10.2 Å². The maximum atomic E-state index is 13.4. The van der Waals surface area contributed by atoms with Gasteiger partial charge in [-0.25, -0.2) is 0 Å². The molecule has 0 saturated heterocycles. The van der Waals surface area contributed by atoms with Gasteiger partial charge in [-0.15, -0.1) is 0 Å². The fourth-order valence-electron chi connectivity index (χ4n) is 4.41. The number of aromatic nitrogens is 2. The molecule has 0 amide bonds. The maximum absolute atomic E-state index is 13.4. The molecule has 0 saturated carbocycles. The Labute approximate surface area is 210 Å². The number of unbranched alkanes of at least 4 members (excludes halogenated alkanes) is 1. The maximum Gasteiger partial charge on any atom is 0.202 e. The van der Waals surface area contributed by atoms with Crippen LogP contribution in [0.15, 0.2) is 48.8 Å². The number of carbonyl (C=O) groups excluding carboxylic acids is 1. The fourth-order valence-corrected chi connectivity index (χ4v) is 4.41. The van der Waals surface area contributed by atoms with Gasteiger partial charge in [0.15, 0.2) is 5.78 Å². The standard InChI is InChI=1S/C30H41N3O2/c1-8-9-12-21-13-10-11-14-22(21)19-32-15-16-33(28(32)31)20-26(34)23-17-24(29(2,3)4)27(35)25(18-23)30(5,6)7/h10-11,13-18,31,35H,8-9,12,19-20H2,1-7H3. The summed E-state index contributed by atoms with van der Waals surface area (Å²) in [5.41, 5.74) is 4.34. The minimum absolute atomic E-state index is 0.0689. The lowest BCUT2D eigenvalue weighted by Gasteiger charge is -2.28. The van der Waals surface area contributed by atoms with Crippen LogP contribution in [-0.2, 0) is 30.3 Å². The van der Waals surface area contributed by atoms with Crippen LogP contribution >= 0.6 is 0 Å². The van der Waals surface area contributed by atoms with Crippen molar-refractivity contribution in [2.45, 2.75) is 91.6 Å². The summed E-state index contributed by atoms with van der Waals surface area (Å²) in [7, 11) is 0. The number of Topliss-reactive ketones (excluding diaryl/α,β-unsaturated/α-hetero) is 1. The van der Waals surface area contributed by atoms with Crippen LogP contribution in [0.25, 0.3) is 0 Å². The van der Waals surface area contributed by atoms with E-state index in [1.807, 2.05) is 76.7 Å². The van der Waals surface area contributed by atoms with E-state index in [4.69, 9.17) is 5.41 Å². The van der Waals surface area contributed by atoms with Gasteiger partial charge >= 0.3 is 0 Å². The normalized spacial score (nSPS) is 12.2. The molecule has 0 aliphatic heterocycles. The predicted octanol–water partition coefficient (Wildman–Crippen LogP) is 6.34. The van der Waals surface area contributed by atoms with Crippen molar-refractivity contribution in [3.63, 3.8) is 0 Å². The van der Waals surface area contributed by atoms with Gasteiger partial charge < -0.3 is 14.2 Å². The van der Waals surface area contributed by atoms with Crippen molar-refractivity contribution in [2.24, 2.45) is 0 Å². The van der Waals surface area contributed by atoms with Crippen molar-refractivity contribution < 1.29 is 9.90 Å². The van der Waals surface area contributed by atoms with Crippen LogP contribution in [0.4, 0.5) is 0 Å². The molecule has 2 aromatic carbocycles. The van der Waals surface area contributed by atoms with E-state index in [-0.39, 0.29) is 28.9 Å². The van der Waals surface area contributed by atoms with Gasteiger partial charge in [0.25, 0.3) is 0 Å². The Kier molecular flexibility index (Phi) is 7.78. The number of imidazole rings is 1. The Bertz CT molecular complexity index is 1210. The summed E-state index contributed by atoms with van der Waals surface area (Å²) in [6.45, 7) is 15.1. The molecular weight excluding hydrogens is 434 g/mol. The second-order valence-corrected chi connectivity index (χ2v) is 11.6. The molecule has 5 nitrogen and oxygen atoms in total. The lowest BCUT2D eigenvalue weighted by Crippen LogP contribution is -2.28. The minimum Gasteiger partial charge on any atom is -0.507 e. The molecule has 0 spiro atoms. The highest BCUT2D eigenvalue weighted by Crippen LogP contribution is 2.39. The van der Waals surface area contributed by atoms with Gasteiger partial charge in [0, 0.05) is 29.1 Å². The molecule has 0 radical (unpaired) electrons.